The molecule has 0 aliphatic carbocycles. The highest BCUT2D eigenvalue weighted by atomic mass is 19.4. The summed E-state index contributed by atoms with van der Waals surface area (Å²) in [5.41, 5.74) is 1.73. The number of halogens is 3. The van der Waals surface area contributed by atoms with Gasteiger partial charge >= 0.3 is 6.18 Å². The average Bonchev–Trinajstić information content (AvgIpc) is 2.61. The lowest BCUT2D eigenvalue weighted by molar-refractivity contribution is -0.137. The Labute approximate surface area is 141 Å². The number of alkyl halides is 3. The molecule has 3 rings (SSSR count). The van der Waals surface area contributed by atoms with Gasteiger partial charge in [-0.1, -0.05) is 43.3 Å². The molecule has 1 saturated heterocycles. The van der Waals surface area contributed by atoms with Crippen LogP contribution >= 0.6 is 0 Å². The molecule has 1 heterocycles. The molecular formula is C20H22F3N. The lowest BCUT2D eigenvalue weighted by atomic mass is 9.87. The maximum Gasteiger partial charge on any atom is 0.416 e. The molecule has 0 N–H and O–H groups in total. The summed E-state index contributed by atoms with van der Waals surface area (Å²) in [6.45, 7) is 4.93. The van der Waals surface area contributed by atoms with Crippen molar-refractivity contribution < 1.29 is 13.2 Å². The van der Waals surface area contributed by atoms with E-state index in [9.17, 15) is 13.2 Å². The van der Waals surface area contributed by atoms with Crippen LogP contribution in [0.1, 0.15) is 36.8 Å². The number of nitrogens with zero attached hydrogens (tertiary/aromatic N) is 1. The van der Waals surface area contributed by atoms with Gasteiger partial charge in [-0.3, -0.25) is 0 Å². The highest BCUT2D eigenvalue weighted by Gasteiger charge is 2.32. The lowest BCUT2D eigenvalue weighted by Crippen LogP contribution is -2.34. The molecule has 4 heteroatoms. The van der Waals surface area contributed by atoms with Gasteiger partial charge < -0.3 is 4.90 Å². The van der Waals surface area contributed by atoms with Crippen molar-refractivity contribution in [3.63, 3.8) is 0 Å². The van der Waals surface area contributed by atoms with Crippen molar-refractivity contribution in [2.45, 2.75) is 31.9 Å². The van der Waals surface area contributed by atoms with Gasteiger partial charge in [-0.05, 0) is 60.7 Å². The van der Waals surface area contributed by atoms with Crippen molar-refractivity contribution in [3.05, 3.63) is 59.7 Å². The molecule has 0 spiro atoms. The molecule has 1 nitrogen and oxygen atoms in total. The normalized spacial score (nSPS) is 19.4. The van der Waals surface area contributed by atoms with Gasteiger partial charge in [-0.25, -0.2) is 0 Å². The summed E-state index contributed by atoms with van der Waals surface area (Å²) >= 11 is 0. The quantitative estimate of drug-likeness (QED) is 0.709. The van der Waals surface area contributed by atoms with Crippen molar-refractivity contribution in [1.29, 1.82) is 0 Å². The second-order valence-electron chi connectivity index (χ2n) is 6.44. The molecule has 0 saturated carbocycles. The summed E-state index contributed by atoms with van der Waals surface area (Å²) in [4.78, 5) is 2.32. The Hall–Kier alpha value is -1.81. The van der Waals surface area contributed by atoms with Gasteiger partial charge in [-0.2, -0.15) is 13.2 Å². The third kappa shape index (κ3) is 3.81. The summed E-state index contributed by atoms with van der Waals surface area (Å²) in [6.07, 6.45) is -2.33. The fourth-order valence-electron chi connectivity index (χ4n) is 3.46. The first-order valence-electron chi connectivity index (χ1n) is 8.47. The molecule has 1 aliphatic heterocycles. The maximum atomic E-state index is 13.4. The van der Waals surface area contributed by atoms with Crippen LogP contribution in [-0.2, 0) is 6.18 Å². The zero-order valence-corrected chi connectivity index (χ0v) is 13.8. The maximum absolute atomic E-state index is 13.4. The molecule has 1 aliphatic rings. The molecule has 2 aromatic carbocycles. The van der Waals surface area contributed by atoms with Gasteiger partial charge in [0.1, 0.15) is 0 Å². The Kier molecular flexibility index (Phi) is 4.95. The fraction of sp³-hybridized carbons (Fsp3) is 0.400. The summed E-state index contributed by atoms with van der Waals surface area (Å²) in [6, 6.07) is 13.8. The SMILES string of the molecule is CCN1CCCC(c2cc(-c3ccccc3)cc(C(F)(F)F)c2)C1. The Balaban J connectivity index is 2.02. The Morgan fingerprint density at radius 3 is 2.46 bits per heavy atom. The second kappa shape index (κ2) is 6.98. The van der Waals surface area contributed by atoms with E-state index < -0.39 is 11.7 Å². The van der Waals surface area contributed by atoms with E-state index in [1.54, 1.807) is 0 Å². The Bertz CT molecular complexity index is 679. The highest BCUT2D eigenvalue weighted by Crippen LogP contribution is 2.37. The highest BCUT2D eigenvalue weighted by molar-refractivity contribution is 5.65. The van der Waals surface area contributed by atoms with Gasteiger partial charge in [0.15, 0.2) is 0 Å². The number of likely N-dealkylation sites (N-methyl/N-ethyl adjacent to an activating group) is 1. The monoisotopic (exact) mass is 333 g/mol. The van der Waals surface area contributed by atoms with Crippen molar-refractivity contribution in [1.82, 2.24) is 4.90 Å². The molecule has 1 unspecified atom stereocenters. The molecule has 128 valence electrons. The molecule has 0 amide bonds. The van der Waals surface area contributed by atoms with E-state index in [0.717, 1.165) is 43.6 Å². The van der Waals surface area contributed by atoms with Gasteiger partial charge in [0.2, 0.25) is 0 Å². The number of likely N-dealkylation sites (tertiary alicyclic amines) is 1. The molecule has 1 fully saturated rings. The van der Waals surface area contributed by atoms with Crippen LogP contribution in [0.25, 0.3) is 11.1 Å². The zero-order chi connectivity index (χ0) is 17.2. The smallest absolute Gasteiger partial charge is 0.303 e. The first kappa shape index (κ1) is 17.0. The number of piperidine rings is 1. The van der Waals surface area contributed by atoms with Crippen LogP contribution in [0.3, 0.4) is 0 Å². The van der Waals surface area contributed by atoms with E-state index in [1.165, 1.54) is 12.1 Å². The Morgan fingerprint density at radius 1 is 1.04 bits per heavy atom. The second-order valence-corrected chi connectivity index (χ2v) is 6.44. The molecular weight excluding hydrogens is 311 g/mol. The molecule has 0 bridgehead atoms. The first-order valence-corrected chi connectivity index (χ1v) is 8.47. The molecule has 24 heavy (non-hydrogen) atoms. The van der Waals surface area contributed by atoms with E-state index in [1.807, 2.05) is 36.4 Å². The van der Waals surface area contributed by atoms with E-state index in [-0.39, 0.29) is 5.92 Å². The van der Waals surface area contributed by atoms with Crippen LogP contribution in [0.4, 0.5) is 13.2 Å². The third-order valence-corrected chi connectivity index (χ3v) is 4.81. The topological polar surface area (TPSA) is 3.24 Å². The van der Waals surface area contributed by atoms with E-state index >= 15 is 0 Å². The standard InChI is InChI=1S/C20H22F3N/c1-2-24-10-6-9-16(14-24)18-11-17(15-7-4-3-5-8-15)12-19(13-18)20(21,22)23/h3-5,7-8,11-13,16H,2,6,9-10,14H2,1H3. The minimum Gasteiger partial charge on any atom is -0.303 e. The van der Waals surface area contributed by atoms with Crippen molar-refractivity contribution in [2.24, 2.45) is 0 Å². The predicted octanol–water partition coefficient (Wildman–Crippen LogP) is 5.57. The van der Waals surface area contributed by atoms with Gasteiger partial charge in [0.25, 0.3) is 0 Å². The van der Waals surface area contributed by atoms with E-state index in [0.29, 0.717) is 5.56 Å². The minimum absolute atomic E-state index is 0.170. The number of hydrogen-bond acceptors (Lipinski definition) is 1. The van der Waals surface area contributed by atoms with E-state index in [4.69, 9.17) is 0 Å². The van der Waals surface area contributed by atoms with Gasteiger partial charge in [0, 0.05) is 6.54 Å². The third-order valence-electron chi connectivity index (χ3n) is 4.81. The largest absolute Gasteiger partial charge is 0.416 e. The summed E-state index contributed by atoms with van der Waals surface area (Å²) in [5, 5.41) is 0. The van der Waals surface area contributed by atoms with Crippen LogP contribution in [-0.4, -0.2) is 24.5 Å². The average molecular weight is 333 g/mol. The summed E-state index contributed by atoms with van der Waals surface area (Å²) < 4.78 is 40.1. The predicted molar refractivity (Wildman–Crippen MR) is 91.0 cm³/mol. The van der Waals surface area contributed by atoms with Crippen LogP contribution in [0, 0.1) is 0 Å². The van der Waals surface area contributed by atoms with Crippen molar-refractivity contribution in [2.75, 3.05) is 19.6 Å². The van der Waals surface area contributed by atoms with Crippen LogP contribution < -0.4 is 0 Å². The Morgan fingerprint density at radius 2 is 1.79 bits per heavy atom. The molecule has 1 atom stereocenters. The van der Waals surface area contributed by atoms with Gasteiger partial charge in [-0.15, -0.1) is 0 Å². The van der Waals surface area contributed by atoms with Crippen LogP contribution in [0.5, 0.6) is 0 Å². The first-order chi connectivity index (χ1) is 11.5. The summed E-state index contributed by atoms with van der Waals surface area (Å²) in [5.74, 6) is 0.170. The van der Waals surface area contributed by atoms with Crippen LogP contribution in [0.2, 0.25) is 0 Å². The van der Waals surface area contributed by atoms with Crippen molar-refractivity contribution in [3.8, 4) is 11.1 Å². The van der Waals surface area contributed by atoms with Crippen LogP contribution in [0.15, 0.2) is 48.5 Å². The number of hydrogen-bond donors (Lipinski definition) is 0. The molecule has 0 radical (unpaired) electrons. The number of benzene rings is 2. The van der Waals surface area contributed by atoms with E-state index in [2.05, 4.69) is 11.8 Å². The lowest BCUT2D eigenvalue weighted by Gasteiger charge is -2.32. The molecule has 0 aromatic heterocycles. The summed E-state index contributed by atoms with van der Waals surface area (Å²) in [7, 11) is 0. The van der Waals surface area contributed by atoms with Crippen molar-refractivity contribution >= 4 is 0 Å². The number of rotatable bonds is 3. The van der Waals surface area contributed by atoms with Gasteiger partial charge in [0.05, 0.1) is 5.56 Å². The fourth-order valence-corrected chi connectivity index (χ4v) is 3.46. The molecule has 2 aromatic rings. The minimum atomic E-state index is -4.32. The zero-order valence-electron chi connectivity index (χ0n) is 13.8.